The SMILES string of the molecule is CCCC(F)(F)c1cnc2c(c1)N(C(=O)CN1C[C@@H](C)N(C(=O)OC(C)(C)C)C[C@@H]1CN1CCOCC1C)CC2(C)C. The van der Waals surface area contributed by atoms with E-state index in [2.05, 4.69) is 21.7 Å². The van der Waals surface area contributed by atoms with Crippen LogP contribution in [0.15, 0.2) is 12.3 Å². The molecule has 9 nitrogen and oxygen atoms in total. The zero-order chi connectivity index (χ0) is 31.0. The number of rotatable bonds is 7. The fourth-order valence-electron chi connectivity index (χ4n) is 6.23. The topological polar surface area (TPSA) is 78.5 Å². The zero-order valence-electron chi connectivity index (χ0n) is 26.6. The first-order valence-corrected chi connectivity index (χ1v) is 15.3. The van der Waals surface area contributed by atoms with Gasteiger partial charge in [-0.15, -0.1) is 0 Å². The number of aromatic nitrogens is 1. The van der Waals surface area contributed by atoms with Crippen LogP contribution in [0.1, 0.15) is 79.5 Å². The van der Waals surface area contributed by atoms with Crippen molar-refractivity contribution in [1.82, 2.24) is 19.7 Å². The highest BCUT2D eigenvalue weighted by Crippen LogP contribution is 2.43. The highest BCUT2D eigenvalue weighted by molar-refractivity contribution is 5.97. The van der Waals surface area contributed by atoms with Gasteiger partial charge < -0.3 is 19.3 Å². The van der Waals surface area contributed by atoms with E-state index < -0.39 is 16.9 Å². The van der Waals surface area contributed by atoms with Crippen LogP contribution in [0.25, 0.3) is 0 Å². The maximum atomic E-state index is 14.9. The van der Waals surface area contributed by atoms with E-state index in [9.17, 15) is 18.4 Å². The maximum absolute atomic E-state index is 14.9. The minimum absolute atomic E-state index is 0.112. The Kier molecular flexibility index (Phi) is 9.55. The number of halogens is 2. The lowest BCUT2D eigenvalue weighted by atomic mass is 9.91. The number of ether oxygens (including phenoxy) is 2. The Balaban J connectivity index is 1.58. The Morgan fingerprint density at radius 3 is 2.50 bits per heavy atom. The molecule has 0 bridgehead atoms. The second-order valence-electron chi connectivity index (χ2n) is 13.9. The van der Waals surface area contributed by atoms with E-state index in [1.54, 1.807) is 16.7 Å². The molecule has 3 aliphatic heterocycles. The van der Waals surface area contributed by atoms with E-state index in [0.29, 0.717) is 57.2 Å². The monoisotopic (exact) mass is 593 g/mol. The summed E-state index contributed by atoms with van der Waals surface area (Å²) in [4.78, 5) is 39.5. The molecule has 0 radical (unpaired) electrons. The van der Waals surface area contributed by atoms with E-state index in [-0.39, 0.29) is 48.7 Å². The third kappa shape index (κ3) is 7.22. The van der Waals surface area contributed by atoms with Gasteiger partial charge in [0.2, 0.25) is 5.91 Å². The summed E-state index contributed by atoms with van der Waals surface area (Å²) in [5, 5.41) is 0. The van der Waals surface area contributed by atoms with Crippen LogP contribution >= 0.6 is 0 Å². The summed E-state index contributed by atoms with van der Waals surface area (Å²) < 4.78 is 41.1. The van der Waals surface area contributed by atoms with Gasteiger partial charge in [0.05, 0.1) is 31.1 Å². The maximum Gasteiger partial charge on any atom is 0.410 e. The lowest BCUT2D eigenvalue weighted by molar-refractivity contribution is -0.121. The molecular formula is C31H49F2N5O4. The molecule has 0 aromatic carbocycles. The Morgan fingerprint density at radius 2 is 1.86 bits per heavy atom. The molecule has 236 valence electrons. The molecule has 1 aromatic rings. The number of hydrogen-bond donors (Lipinski definition) is 0. The van der Waals surface area contributed by atoms with Gasteiger partial charge in [0.15, 0.2) is 0 Å². The Hall–Kier alpha value is -2.37. The van der Waals surface area contributed by atoms with Gasteiger partial charge in [0.25, 0.3) is 5.92 Å². The molecule has 1 unspecified atom stereocenters. The third-order valence-corrected chi connectivity index (χ3v) is 8.51. The summed E-state index contributed by atoms with van der Waals surface area (Å²) in [5.41, 5.74) is -0.104. The van der Waals surface area contributed by atoms with E-state index in [0.717, 1.165) is 6.54 Å². The summed E-state index contributed by atoms with van der Waals surface area (Å²) >= 11 is 0. The smallest absolute Gasteiger partial charge is 0.410 e. The molecule has 3 atom stereocenters. The van der Waals surface area contributed by atoms with E-state index in [1.165, 1.54) is 12.3 Å². The molecule has 2 amide bonds. The van der Waals surface area contributed by atoms with Crippen molar-refractivity contribution >= 4 is 17.7 Å². The van der Waals surface area contributed by atoms with Crippen molar-refractivity contribution < 1.29 is 27.8 Å². The van der Waals surface area contributed by atoms with Crippen molar-refractivity contribution in [3.05, 3.63) is 23.5 Å². The molecule has 0 saturated carbocycles. The average Bonchev–Trinajstić information content (AvgIpc) is 3.16. The number of alkyl halides is 2. The van der Waals surface area contributed by atoms with Crippen LogP contribution in [0.4, 0.5) is 19.3 Å². The van der Waals surface area contributed by atoms with E-state index >= 15 is 0 Å². The molecule has 3 aliphatic rings. The van der Waals surface area contributed by atoms with Crippen molar-refractivity contribution in [3.63, 3.8) is 0 Å². The lowest BCUT2D eigenvalue weighted by Gasteiger charge is -2.47. The van der Waals surface area contributed by atoms with Gasteiger partial charge in [0, 0.05) is 74.4 Å². The van der Waals surface area contributed by atoms with Crippen LogP contribution in [-0.2, 0) is 25.6 Å². The molecule has 2 fully saturated rings. The van der Waals surface area contributed by atoms with Gasteiger partial charge in [-0.05, 0) is 40.7 Å². The Labute approximate surface area is 249 Å². The molecule has 0 N–H and O–H groups in total. The molecular weight excluding hydrogens is 544 g/mol. The summed E-state index contributed by atoms with van der Waals surface area (Å²) in [6.45, 7) is 19.5. The van der Waals surface area contributed by atoms with Gasteiger partial charge in [-0.1, -0.05) is 27.2 Å². The van der Waals surface area contributed by atoms with Gasteiger partial charge in [0.1, 0.15) is 5.60 Å². The fraction of sp³-hybridized carbons (Fsp3) is 0.774. The first-order chi connectivity index (χ1) is 19.5. The van der Waals surface area contributed by atoms with Crippen molar-refractivity contribution in [2.45, 2.75) is 103 Å². The number of carbonyl (C=O) groups excluding carboxylic acids is 2. The van der Waals surface area contributed by atoms with Crippen LogP contribution < -0.4 is 4.90 Å². The molecule has 42 heavy (non-hydrogen) atoms. The number of fused-ring (bicyclic) bond motifs is 1. The fourth-order valence-corrected chi connectivity index (χ4v) is 6.23. The van der Waals surface area contributed by atoms with Crippen molar-refractivity contribution in [3.8, 4) is 0 Å². The quantitative estimate of drug-likeness (QED) is 0.456. The summed E-state index contributed by atoms with van der Waals surface area (Å²) in [6, 6.07) is 1.38. The van der Waals surface area contributed by atoms with E-state index in [1.807, 2.05) is 41.5 Å². The first-order valence-electron chi connectivity index (χ1n) is 15.3. The first kappa shape index (κ1) is 32.5. The van der Waals surface area contributed by atoms with E-state index in [4.69, 9.17) is 9.47 Å². The van der Waals surface area contributed by atoms with Gasteiger partial charge in [-0.2, -0.15) is 0 Å². The minimum atomic E-state index is -3.01. The molecule has 0 aliphatic carbocycles. The van der Waals surface area contributed by atoms with Crippen LogP contribution in [0.5, 0.6) is 0 Å². The minimum Gasteiger partial charge on any atom is -0.444 e. The second kappa shape index (κ2) is 12.3. The average molecular weight is 594 g/mol. The number of morpholine rings is 1. The third-order valence-electron chi connectivity index (χ3n) is 8.51. The normalized spacial score (nSPS) is 25.4. The molecule has 0 spiro atoms. The number of pyridine rings is 1. The van der Waals surface area contributed by atoms with Gasteiger partial charge in [-0.3, -0.25) is 19.6 Å². The molecule has 11 heteroatoms. The second-order valence-corrected chi connectivity index (χ2v) is 13.9. The lowest BCUT2D eigenvalue weighted by Crippen LogP contribution is -2.64. The summed E-state index contributed by atoms with van der Waals surface area (Å²) in [5.74, 6) is -3.16. The van der Waals surface area contributed by atoms with Crippen LogP contribution in [0, 0.1) is 0 Å². The Bertz CT molecular complexity index is 1140. The molecule has 4 rings (SSSR count). The standard InChI is InChI=1S/C31H49F2N5O4/c1-9-10-31(32,33)23-13-25-27(34-14-23)30(7,8)20-38(25)26(39)18-36-15-21(2)37(28(40)42-29(4,5)6)17-24(36)16-35-11-12-41-19-22(35)3/h13-14,21-22,24H,9-12,15-20H2,1-8H3/t21-,22?,24+/m1/s1. The van der Waals surface area contributed by atoms with Gasteiger partial charge in [-0.25, -0.2) is 13.6 Å². The predicted octanol–water partition coefficient (Wildman–Crippen LogP) is 4.63. The van der Waals surface area contributed by atoms with Crippen molar-refractivity contribution in [1.29, 1.82) is 0 Å². The number of anilines is 1. The Morgan fingerprint density at radius 1 is 1.14 bits per heavy atom. The predicted molar refractivity (Wildman–Crippen MR) is 158 cm³/mol. The van der Waals surface area contributed by atoms with Crippen molar-refractivity contribution in [2.24, 2.45) is 0 Å². The number of hydrogen-bond acceptors (Lipinski definition) is 7. The molecule has 1 aromatic heterocycles. The largest absolute Gasteiger partial charge is 0.444 e. The highest BCUT2D eigenvalue weighted by Gasteiger charge is 2.44. The number of piperazine rings is 1. The van der Waals surface area contributed by atoms with Gasteiger partial charge >= 0.3 is 6.09 Å². The number of amides is 2. The molecule has 4 heterocycles. The summed E-state index contributed by atoms with van der Waals surface area (Å²) in [7, 11) is 0. The summed E-state index contributed by atoms with van der Waals surface area (Å²) in [6.07, 6.45) is 0.977. The number of carbonyl (C=O) groups is 2. The highest BCUT2D eigenvalue weighted by atomic mass is 19.3. The van der Waals surface area contributed by atoms with Crippen LogP contribution in [0.2, 0.25) is 0 Å². The van der Waals surface area contributed by atoms with Crippen molar-refractivity contribution in [2.75, 3.05) is 57.4 Å². The van der Waals surface area contributed by atoms with Crippen LogP contribution in [-0.4, -0.2) is 108 Å². The van der Waals surface area contributed by atoms with Crippen LogP contribution in [0.3, 0.4) is 0 Å². The zero-order valence-corrected chi connectivity index (χ0v) is 26.6. The number of nitrogens with zero attached hydrogens (tertiary/aromatic N) is 5. The molecule has 2 saturated heterocycles.